The normalized spacial score (nSPS) is 14.8. The second kappa shape index (κ2) is 7.03. The molecule has 25 heavy (non-hydrogen) atoms. The number of nitrogens with zero attached hydrogens (tertiary/aromatic N) is 1. The summed E-state index contributed by atoms with van der Waals surface area (Å²) in [5.74, 6) is -0.804. The van der Waals surface area contributed by atoms with Crippen LogP contribution >= 0.6 is 0 Å². The minimum Gasteiger partial charge on any atom is -0.386 e. The number of aryl methyl sites for hydroxylation is 1. The molecule has 130 valence electrons. The summed E-state index contributed by atoms with van der Waals surface area (Å²) in [5, 5.41) is 12.7. The maximum absolute atomic E-state index is 13.6. The Labute approximate surface area is 145 Å². The minimum absolute atomic E-state index is 0.0534. The van der Waals surface area contributed by atoms with E-state index in [2.05, 4.69) is 5.32 Å². The minimum atomic E-state index is -1.12. The topological polar surface area (TPSA) is 69.6 Å². The Bertz CT molecular complexity index is 822. The Hall–Kier alpha value is -2.73. The number of fused-ring (bicyclic) bond motifs is 1. The van der Waals surface area contributed by atoms with Crippen LogP contribution in [0.25, 0.3) is 0 Å². The van der Waals surface area contributed by atoms with Gasteiger partial charge in [0.1, 0.15) is 5.82 Å². The molecule has 0 radical (unpaired) electrons. The maximum Gasteiger partial charge on any atom is 0.251 e. The van der Waals surface area contributed by atoms with Gasteiger partial charge in [-0.2, -0.15) is 0 Å². The van der Waals surface area contributed by atoms with Crippen molar-refractivity contribution in [3.05, 3.63) is 65.0 Å². The molecule has 6 heteroatoms. The first-order valence-electron chi connectivity index (χ1n) is 8.07. The van der Waals surface area contributed by atoms with Gasteiger partial charge in [-0.1, -0.05) is 18.2 Å². The lowest BCUT2D eigenvalue weighted by Gasteiger charge is -2.26. The van der Waals surface area contributed by atoms with Gasteiger partial charge in [-0.05, 0) is 36.2 Å². The Morgan fingerprint density at radius 2 is 2.04 bits per heavy atom. The molecule has 1 aliphatic heterocycles. The predicted molar refractivity (Wildman–Crippen MR) is 91.9 cm³/mol. The molecule has 5 nitrogen and oxygen atoms in total. The van der Waals surface area contributed by atoms with E-state index >= 15 is 0 Å². The highest BCUT2D eigenvalue weighted by atomic mass is 19.1. The Kier molecular flexibility index (Phi) is 4.81. The molecule has 0 saturated carbocycles. The van der Waals surface area contributed by atoms with Gasteiger partial charge >= 0.3 is 0 Å². The summed E-state index contributed by atoms with van der Waals surface area (Å²) in [7, 11) is 1.71. The van der Waals surface area contributed by atoms with Gasteiger partial charge in [0, 0.05) is 36.8 Å². The van der Waals surface area contributed by atoms with Gasteiger partial charge in [0.25, 0.3) is 5.91 Å². The number of aliphatic hydroxyl groups excluding tert-OH is 1. The molecule has 1 atom stereocenters. The van der Waals surface area contributed by atoms with Gasteiger partial charge in [0.15, 0.2) is 0 Å². The highest BCUT2D eigenvalue weighted by Crippen LogP contribution is 2.27. The van der Waals surface area contributed by atoms with Crippen molar-refractivity contribution in [1.82, 2.24) is 5.32 Å². The predicted octanol–water partition coefficient (Wildman–Crippen LogP) is 2.20. The first kappa shape index (κ1) is 17.1. The first-order valence-corrected chi connectivity index (χ1v) is 8.07. The third-order valence-corrected chi connectivity index (χ3v) is 4.41. The van der Waals surface area contributed by atoms with Crippen molar-refractivity contribution in [2.24, 2.45) is 0 Å². The Balaban J connectivity index is 1.68. The molecule has 3 rings (SSSR count). The van der Waals surface area contributed by atoms with E-state index in [4.69, 9.17) is 0 Å². The van der Waals surface area contributed by atoms with Crippen molar-refractivity contribution in [3.63, 3.8) is 0 Å². The molecule has 0 saturated heterocycles. The van der Waals surface area contributed by atoms with Crippen LogP contribution in [-0.4, -0.2) is 30.5 Å². The van der Waals surface area contributed by atoms with E-state index < -0.39 is 11.9 Å². The summed E-state index contributed by atoms with van der Waals surface area (Å²) in [5.41, 5.74) is 2.33. The SMILES string of the molecule is CN1C(=O)CCc2cc(C(=O)NCC(O)c3ccccc3F)ccc21. The number of halogens is 1. The standard InChI is InChI=1S/C19H19FN2O3/c1-22-16-8-6-13(10-12(16)7-9-18(22)24)19(25)21-11-17(23)14-4-2-3-5-15(14)20/h2-6,8,10,17,23H,7,9,11H2,1H3,(H,21,25). The van der Waals surface area contributed by atoms with Crippen LogP contribution in [0.2, 0.25) is 0 Å². The van der Waals surface area contributed by atoms with Crippen molar-refractivity contribution in [3.8, 4) is 0 Å². The van der Waals surface area contributed by atoms with Crippen molar-refractivity contribution in [1.29, 1.82) is 0 Å². The van der Waals surface area contributed by atoms with Crippen LogP contribution in [0.3, 0.4) is 0 Å². The van der Waals surface area contributed by atoms with Crippen molar-refractivity contribution in [2.45, 2.75) is 18.9 Å². The zero-order valence-corrected chi connectivity index (χ0v) is 13.8. The second-order valence-corrected chi connectivity index (χ2v) is 6.04. The Morgan fingerprint density at radius 1 is 1.28 bits per heavy atom. The number of aliphatic hydroxyl groups is 1. The fourth-order valence-corrected chi connectivity index (χ4v) is 2.94. The molecule has 2 N–H and O–H groups in total. The third-order valence-electron chi connectivity index (χ3n) is 4.41. The number of carbonyl (C=O) groups is 2. The van der Waals surface area contributed by atoms with Crippen LogP contribution in [-0.2, 0) is 11.2 Å². The molecular formula is C19H19FN2O3. The summed E-state index contributed by atoms with van der Waals surface area (Å²) in [6, 6.07) is 11.1. The number of rotatable bonds is 4. The van der Waals surface area contributed by atoms with E-state index in [1.54, 1.807) is 42.3 Å². The lowest BCUT2D eigenvalue weighted by atomic mass is 9.99. The van der Waals surface area contributed by atoms with Crippen LogP contribution in [0.4, 0.5) is 10.1 Å². The number of benzene rings is 2. The third kappa shape index (κ3) is 3.53. The first-order chi connectivity index (χ1) is 12.0. The van der Waals surface area contributed by atoms with Gasteiger partial charge in [-0.15, -0.1) is 0 Å². The van der Waals surface area contributed by atoms with E-state index in [-0.39, 0.29) is 23.9 Å². The van der Waals surface area contributed by atoms with Gasteiger partial charge in [-0.3, -0.25) is 9.59 Å². The number of hydrogen-bond acceptors (Lipinski definition) is 3. The molecule has 0 bridgehead atoms. The van der Waals surface area contributed by atoms with Crippen molar-refractivity contribution >= 4 is 17.5 Å². The number of anilines is 1. The van der Waals surface area contributed by atoms with E-state index in [0.717, 1.165) is 11.3 Å². The van der Waals surface area contributed by atoms with Crippen LogP contribution in [0.5, 0.6) is 0 Å². The van der Waals surface area contributed by atoms with Gasteiger partial charge in [0.2, 0.25) is 5.91 Å². The highest BCUT2D eigenvalue weighted by Gasteiger charge is 2.22. The fourth-order valence-electron chi connectivity index (χ4n) is 2.94. The molecule has 2 aromatic rings. The number of amides is 2. The summed E-state index contributed by atoms with van der Waals surface area (Å²) >= 11 is 0. The molecule has 1 heterocycles. The summed E-state index contributed by atoms with van der Waals surface area (Å²) in [6.07, 6.45) is -0.107. The highest BCUT2D eigenvalue weighted by molar-refractivity contribution is 5.98. The fraction of sp³-hybridized carbons (Fsp3) is 0.263. The van der Waals surface area contributed by atoms with E-state index in [1.165, 1.54) is 12.1 Å². The smallest absolute Gasteiger partial charge is 0.251 e. The maximum atomic E-state index is 13.6. The van der Waals surface area contributed by atoms with Gasteiger partial charge < -0.3 is 15.3 Å². The molecule has 2 aromatic carbocycles. The van der Waals surface area contributed by atoms with Crippen molar-refractivity contribution < 1.29 is 19.1 Å². The van der Waals surface area contributed by atoms with Crippen molar-refractivity contribution in [2.75, 3.05) is 18.5 Å². The van der Waals surface area contributed by atoms with E-state index in [0.29, 0.717) is 18.4 Å². The average molecular weight is 342 g/mol. The Morgan fingerprint density at radius 3 is 2.80 bits per heavy atom. The van der Waals surface area contributed by atoms with E-state index in [1.807, 2.05) is 0 Å². The lowest BCUT2D eigenvalue weighted by Crippen LogP contribution is -2.32. The summed E-state index contributed by atoms with van der Waals surface area (Å²) < 4.78 is 13.6. The number of hydrogen-bond donors (Lipinski definition) is 2. The summed E-state index contributed by atoms with van der Waals surface area (Å²) in [6.45, 7) is -0.0881. The van der Waals surface area contributed by atoms with Crippen LogP contribution in [0.15, 0.2) is 42.5 Å². The molecule has 2 amide bonds. The lowest BCUT2D eigenvalue weighted by molar-refractivity contribution is -0.118. The molecular weight excluding hydrogens is 323 g/mol. The number of carbonyl (C=O) groups excluding carboxylic acids is 2. The molecule has 0 spiro atoms. The largest absolute Gasteiger partial charge is 0.386 e. The molecule has 1 unspecified atom stereocenters. The van der Waals surface area contributed by atoms with E-state index in [9.17, 15) is 19.1 Å². The second-order valence-electron chi connectivity index (χ2n) is 6.04. The monoisotopic (exact) mass is 342 g/mol. The zero-order valence-electron chi connectivity index (χ0n) is 13.8. The molecule has 0 aliphatic carbocycles. The summed E-state index contributed by atoms with van der Waals surface area (Å²) in [4.78, 5) is 25.6. The van der Waals surface area contributed by atoms with Crippen LogP contribution in [0, 0.1) is 5.82 Å². The molecule has 1 aliphatic rings. The van der Waals surface area contributed by atoms with Crippen LogP contribution in [0.1, 0.15) is 34.0 Å². The van der Waals surface area contributed by atoms with Gasteiger partial charge in [-0.25, -0.2) is 4.39 Å². The number of nitrogens with one attached hydrogen (secondary N) is 1. The zero-order chi connectivity index (χ0) is 18.0. The van der Waals surface area contributed by atoms with Gasteiger partial charge in [0.05, 0.1) is 6.10 Å². The quantitative estimate of drug-likeness (QED) is 0.895. The molecule has 0 fully saturated rings. The average Bonchev–Trinajstić information content (AvgIpc) is 2.62. The van der Waals surface area contributed by atoms with Crippen LogP contribution < -0.4 is 10.2 Å². The molecule has 0 aromatic heterocycles.